The first-order chi connectivity index (χ1) is 13.4. The number of hydrogen-bond donors (Lipinski definition) is 2. The summed E-state index contributed by atoms with van der Waals surface area (Å²) in [6, 6.07) is 14.4. The third-order valence-corrected chi connectivity index (χ3v) is 5.94. The van der Waals surface area contributed by atoms with Gasteiger partial charge in [0.05, 0.1) is 17.6 Å². The van der Waals surface area contributed by atoms with E-state index in [1.54, 1.807) is 12.1 Å². The minimum absolute atomic E-state index is 0.0253. The highest BCUT2D eigenvalue weighted by molar-refractivity contribution is 14.1. The minimum Gasteiger partial charge on any atom is -0.481 e. The van der Waals surface area contributed by atoms with E-state index in [9.17, 15) is 13.2 Å². The van der Waals surface area contributed by atoms with Gasteiger partial charge >= 0.3 is 0 Å². The average molecular weight is 510 g/mol. The number of ether oxygens (including phenoxy) is 1. The van der Waals surface area contributed by atoms with E-state index < -0.39 is 10.0 Å². The van der Waals surface area contributed by atoms with Gasteiger partial charge in [-0.15, -0.1) is 0 Å². The fraction of sp³-hybridized carbons (Fsp3) is 0.0556. The molecule has 0 aliphatic rings. The van der Waals surface area contributed by atoms with Crippen molar-refractivity contribution < 1.29 is 17.9 Å². The van der Waals surface area contributed by atoms with E-state index in [0.29, 0.717) is 11.3 Å². The van der Waals surface area contributed by atoms with E-state index in [1.807, 2.05) is 12.1 Å². The van der Waals surface area contributed by atoms with Crippen molar-refractivity contribution in [2.24, 2.45) is 0 Å². The van der Waals surface area contributed by atoms with E-state index in [-0.39, 0.29) is 22.5 Å². The number of aromatic nitrogens is 2. The van der Waals surface area contributed by atoms with Crippen LogP contribution in [0.1, 0.15) is 10.4 Å². The summed E-state index contributed by atoms with van der Waals surface area (Å²) in [5.41, 5.74) is 1.02. The molecule has 144 valence electrons. The van der Waals surface area contributed by atoms with Gasteiger partial charge in [0, 0.05) is 15.3 Å². The number of anilines is 2. The maximum absolute atomic E-state index is 12.5. The molecule has 10 heteroatoms. The molecular weight excluding hydrogens is 495 g/mol. The second-order valence-corrected chi connectivity index (χ2v) is 8.35. The molecule has 8 nitrogen and oxygen atoms in total. The molecule has 0 aliphatic carbocycles. The van der Waals surface area contributed by atoms with Crippen molar-refractivity contribution in [2.75, 3.05) is 17.1 Å². The molecule has 0 unspecified atom stereocenters. The molecule has 1 aromatic heterocycles. The van der Waals surface area contributed by atoms with Crippen LogP contribution < -0.4 is 14.8 Å². The predicted octanol–water partition coefficient (Wildman–Crippen LogP) is 3.14. The molecule has 28 heavy (non-hydrogen) atoms. The van der Waals surface area contributed by atoms with Crippen LogP contribution in [0, 0.1) is 3.57 Å². The number of benzene rings is 2. The zero-order valence-corrected chi connectivity index (χ0v) is 17.6. The Morgan fingerprint density at radius 2 is 1.79 bits per heavy atom. The van der Waals surface area contributed by atoms with E-state index in [4.69, 9.17) is 4.74 Å². The number of carbonyl (C=O) groups is 1. The number of carbonyl (C=O) groups excluding carboxylic acids is 1. The largest absolute Gasteiger partial charge is 0.481 e. The van der Waals surface area contributed by atoms with Crippen LogP contribution in [0.15, 0.2) is 65.8 Å². The molecule has 0 atom stereocenters. The van der Waals surface area contributed by atoms with Gasteiger partial charge in [-0.3, -0.25) is 9.52 Å². The Bertz CT molecular complexity index is 1100. The highest BCUT2D eigenvalue weighted by Crippen LogP contribution is 2.20. The van der Waals surface area contributed by atoms with Gasteiger partial charge in [-0.05, 0) is 59.0 Å². The van der Waals surface area contributed by atoms with Gasteiger partial charge in [0.15, 0.2) is 0 Å². The molecular formula is C18H15IN4O4S. The first-order valence-electron chi connectivity index (χ1n) is 7.94. The van der Waals surface area contributed by atoms with Crippen molar-refractivity contribution in [1.29, 1.82) is 0 Å². The van der Waals surface area contributed by atoms with Gasteiger partial charge in [0.2, 0.25) is 5.88 Å². The van der Waals surface area contributed by atoms with Gasteiger partial charge in [0.1, 0.15) is 12.1 Å². The van der Waals surface area contributed by atoms with Crippen LogP contribution in [-0.2, 0) is 10.0 Å². The van der Waals surface area contributed by atoms with Gasteiger partial charge in [-0.25, -0.2) is 18.4 Å². The number of nitrogens with one attached hydrogen (secondary N) is 2. The summed E-state index contributed by atoms with van der Waals surface area (Å²) in [5.74, 6) is 0.0519. The summed E-state index contributed by atoms with van der Waals surface area (Å²) in [5, 5.41) is 2.75. The molecule has 2 N–H and O–H groups in total. The summed E-state index contributed by atoms with van der Waals surface area (Å²) in [4.78, 5) is 20.1. The number of rotatable bonds is 6. The van der Waals surface area contributed by atoms with Crippen LogP contribution in [0.4, 0.5) is 11.5 Å². The number of methoxy groups -OCH3 is 1. The van der Waals surface area contributed by atoms with Crippen molar-refractivity contribution in [2.45, 2.75) is 4.90 Å². The maximum atomic E-state index is 12.5. The summed E-state index contributed by atoms with van der Waals surface area (Å²) >= 11 is 2.08. The average Bonchev–Trinajstić information content (AvgIpc) is 2.68. The Hall–Kier alpha value is -2.73. The molecule has 0 radical (unpaired) electrons. The maximum Gasteiger partial charge on any atom is 0.263 e. The van der Waals surface area contributed by atoms with E-state index in [0.717, 1.165) is 3.57 Å². The number of amides is 1. The molecule has 3 aromatic rings. The third-order valence-electron chi connectivity index (χ3n) is 3.63. The van der Waals surface area contributed by atoms with E-state index >= 15 is 0 Å². The smallest absolute Gasteiger partial charge is 0.263 e. The lowest BCUT2D eigenvalue weighted by molar-refractivity contribution is 0.102. The summed E-state index contributed by atoms with van der Waals surface area (Å²) < 4.78 is 33.1. The third kappa shape index (κ3) is 4.75. The second-order valence-electron chi connectivity index (χ2n) is 5.51. The Kier molecular flexibility index (Phi) is 6.09. The molecule has 1 amide bonds. The SMILES string of the molecule is COc1cc(NS(=O)(=O)c2ccc(NC(=O)c3ccccc3I)cc2)ncn1. The van der Waals surface area contributed by atoms with Gasteiger partial charge < -0.3 is 10.1 Å². The zero-order valence-electron chi connectivity index (χ0n) is 14.6. The monoisotopic (exact) mass is 510 g/mol. The second kappa shape index (κ2) is 8.52. The quantitative estimate of drug-likeness (QED) is 0.494. The molecule has 0 bridgehead atoms. The van der Waals surface area contributed by atoms with E-state index in [1.165, 1.54) is 43.8 Å². The Balaban J connectivity index is 1.74. The topological polar surface area (TPSA) is 110 Å². The molecule has 3 rings (SSSR count). The van der Waals surface area contributed by atoms with Crippen molar-refractivity contribution >= 4 is 50.0 Å². The molecule has 1 heterocycles. The van der Waals surface area contributed by atoms with Crippen molar-refractivity contribution in [3.63, 3.8) is 0 Å². The molecule has 2 aromatic carbocycles. The molecule has 0 fully saturated rings. The van der Waals surface area contributed by atoms with Crippen LogP contribution in [0.2, 0.25) is 0 Å². The molecule has 0 saturated heterocycles. The fourth-order valence-electron chi connectivity index (χ4n) is 2.26. The van der Waals surface area contributed by atoms with Crippen molar-refractivity contribution in [1.82, 2.24) is 9.97 Å². The first kappa shape index (κ1) is 20.0. The Labute approximate surface area is 175 Å². The lowest BCUT2D eigenvalue weighted by atomic mass is 10.2. The summed E-state index contributed by atoms with van der Waals surface area (Å²) in [7, 11) is -2.43. The number of hydrogen-bond acceptors (Lipinski definition) is 6. The van der Waals surface area contributed by atoms with Gasteiger partial charge in [-0.1, -0.05) is 12.1 Å². The number of nitrogens with zero attached hydrogens (tertiary/aromatic N) is 2. The van der Waals surface area contributed by atoms with Gasteiger partial charge in [-0.2, -0.15) is 0 Å². The minimum atomic E-state index is -3.85. The lowest BCUT2D eigenvalue weighted by Gasteiger charge is -2.10. The summed E-state index contributed by atoms with van der Waals surface area (Å²) in [6.07, 6.45) is 1.19. The van der Waals surface area contributed by atoms with Crippen molar-refractivity contribution in [3.05, 3.63) is 70.1 Å². The van der Waals surface area contributed by atoms with E-state index in [2.05, 4.69) is 42.6 Å². The number of halogens is 1. The fourth-order valence-corrected chi connectivity index (χ4v) is 3.90. The van der Waals surface area contributed by atoms with Crippen LogP contribution >= 0.6 is 22.6 Å². The van der Waals surface area contributed by atoms with Crippen LogP contribution in [-0.4, -0.2) is 31.4 Å². The lowest BCUT2D eigenvalue weighted by Crippen LogP contribution is -2.15. The van der Waals surface area contributed by atoms with Crippen LogP contribution in [0.3, 0.4) is 0 Å². The molecule has 0 aliphatic heterocycles. The standard InChI is InChI=1S/C18H15IN4O4S/c1-27-17-10-16(20-11-21-17)23-28(25,26)13-8-6-12(7-9-13)22-18(24)14-4-2-3-5-15(14)19/h2-11H,1H3,(H,22,24)(H,20,21,23). The molecule has 0 saturated carbocycles. The molecule has 0 spiro atoms. The summed E-state index contributed by atoms with van der Waals surface area (Å²) in [6.45, 7) is 0. The Morgan fingerprint density at radius 3 is 2.46 bits per heavy atom. The highest BCUT2D eigenvalue weighted by Gasteiger charge is 2.16. The van der Waals surface area contributed by atoms with Crippen molar-refractivity contribution in [3.8, 4) is 5.88 Å². The van der Waals surface area contributed by atoms with Crippen LogP contribution in [0.5, 0.6) is 5.88 Å². The first-order valence-corrected chi connectivity index (χ1v) is 10.5. The predicted molar refractivity (Wildman–Crippen MR) is 113 cm³/mol. The van der Waals surface area contributed by atoms with Gasteiger partial charge in [0.25, 0.3) is 15.9 Å². The zero-order chi connectivity index (χ0) is 20.1. The van der Waals surface area contributed by atoms with Crippen LogP contribution in [0.25, 0.3) is 0 Å². The highest BCUT2D eigenvalue weighted by atomic mass is 127. The Morgan fingerprint density at radius 1 is 1.07 bits per heavy atom. The normalized spacial score (nSPS) is 10.9. The number of sulfonamides is 1.